The van der Waals surface area contributed by atoms with Gasteiger partial charge in [0.2, 0.25) is 0 Å². The lowest BCUT2D eigenvalue weighted by Gasteiger charge is -2.32. The molecule has 1 heteroatoms. The van der Waals surface area contributed by atoms with E-state index in [0.29, 0.717) is 5.92 Å². The molecule has 2 aliphatic carbocycles. The van der Waals surface area contributed by atoms with Crippen LogP contribution in [-0.4, -0.2) is 0 Å². The summed E-state index contributed by atoms with van der Waals surface area (Å²) in [5, 5.41) is 0.839. The molecule has 0 N–H and O–H groups in total. The lowest BCUT2D eigenvalue weighted by Crippen LogP contribution is -2.20. The summed E-state index contributed by atoms with van der Waals surface area (Å²) in [6.45, 7) is 2.32. The number of halogens is 1. The van der Waals surface area contributed by atoms with Gasteiger partial charge in [-0.1, -0.05) is 55.6 Å². The van der Waals surface area contributed by atoms with Crippen molar-refractivity contribution in [2.24, 2.45) is 5.92 Å². The first kappa shape index (κ1) is 16.2. The van der Waals surface area contributed by atoms with Crippen LogP contribution in [0.2, 0.25) is 5.02 Å². The summed E-state index contributed by atoms with van der Waals surface area (Å²) >= 11 is 6.05. The third kappa shape index (κ3) is 3.14. The first-order chi connectivity index (χ1) is 11.7. The standard InChI is InChI=1S/C23H27Cl/c1-2-3-16-4-12-22-19(14-16)5-6-20-15-18(9-13-23(20)22)17-7-10-21(24)11-8-17/h5-8,10-11,16,18H,2-4,9,12-15H2,1H3. The van der Waals surface area contributed by atoms with Gasteiger partial charge in [-0.05, 0) is 90.3 Å². The monoisotopic (exact) mass is 338 g/mol. The zero-order chi connectivity index (χ0) is 16.5. The fourth-order valence-electron chi connectivity index (χ4n) is 4.92. The van der Waals surface area contributed by atoms with Gasteiger partial charge in [0.25, 0.3) is 0 Å². The Morgan fingerprint density at radius 1 is 0.875 bits per heavy atom. The smallest absolute Gasteiger partial charge is 0.0406 e. The lowest BCUT2D eigenvalue weighted by atomic mass is 9.73. The van der Waals surface area contributed by atoms with Crippen LogP contribution in [0, 0.1) is 5.92 Å². The molecule has 2 aromatic carbocycles. The zero-order valence-corrected chi connectivity index (χ0v) is 15.4. The van der Waals surface area contributed by atoms with E-state index in [9.17, 15) is 0 Å². The van der Waals surface area contributed by atoms with Crippen LogP contribution >= 0.6 is 11.6 Å². The number of hydrogen-bond acceptors (Lipinski definition) is 0. The largest absolute Gasteiger partial charge is 0.0843 e. The van der Waals surface area contributed by atoms with Crippen LogP contribution in [0.4, 0.5) is 0 Å². The molecule has 0 heterocycles. The van der Waals surface area contributed by atoms with Crippen LogP contribution in [0.3, 0.4) is 0 Å². The van der Waals surface area contributed by atoms with Gasteiger partial charge in [-0.15, -0.1) is 0 Å². The molecule has 2 aliphatic rings. The van der Waals surface area contributed by atoms with Gasteiger partial charge in [0.15, 0.2) is 0 Å². The average molecular weight is 339 g/mol. The molecule has 2 atom stereocenters. The summed E-state index contributed by atoms with van der Waals surface area (Å²) in [6.07, 6.45) is 10.5. The minimum Gasteiger partial charge on any atom is -0.0843 e. The topological polar surface area (TPSA) is 0 Å². The van der Waals surface area contributed by atoms with Crippen LogP contribution in [0.15, 0.2) is 36.4 Å². The Morgan fingerprint density at radius 2 is 1.54 bits per heavy atom. The Labute approximate surface area is 151 Å². The van der Waals surface area contributed by atoms with E-state index in [1.165, 1.54) is 56.9 Å². The van der Waals surface area contributed by atoms with Gasteiger partial charge in [0, 0.05) is 5.02 Å². The van der Waals surface area contributed by atoms with E-state index < -0.39 is 0 Å². The van der Waals surface area contributed by atoms with E-state index in [1.54, 1.807) is 22.3 Å². The van der Waals surface area contributed by atoms with Gasteiger partial charge >= 0.3 is 0 Å². The molecule has 0 fully saturated rings. The van der Waals surface area contributed by atoms with Crippen LogP contribution in [0.25, 0.3) is 0 Å². The molecule has 126 valence electrons. The predicted molar refractivity (Wildman–Crippen MR) is 103 cm³/mol. The SMILES string of the molecule is CCCC1CCc2c(ccc3c2CCC(c2ccc(Cl)cc2)C3)C1. The fraction of sp³-hybridized carbons (Fsp3) is 0.478. The van der Waals surface area contributed by atoms with Crippen LogP contribution < -0.4 is 0 Å². The van der Waals surface area contributed by atoms with Gasteiger partial charge in [0.05, 0.1) is 0 Å². The van der Waals surface area contributed by atoms with Gasteiger partial charge in [-0.3, -0.25) is 0 Å². The first-order valence-electron chi connectivity index (χ1n) is 9.62. The highest BCUT2D eigenvalue weighted by molar-refractivity contribution is 6.30. The number of hydrogen-bond donors (Lipinski definition) is 0. The minimum absolute atomic E-state index is 0.657. The van der Waals surface area contributed by atoms with E-state index in [4.69, 9.17) is 11.6 Å². The van der Waals surface area contributed by atoms with Crippen molar-refractivity contribution >= 4 is 11.6 Å². The summed E-state index contributed by atoms with van der Waals surface area (Å²) < 4.78 is 0. The molecule has 4 rings (SSSR count). The summed E-state index contributed by atoms with van der Waals surface area (Å²) in [5.41, 5.74) is 8.13. The van der Waals surface area contributed by atoms with Crippen molar-refractivity contribution in [1.82, 2.24) is 0 Å². The van der Waals surface area contributed by atoms with E-state index in [1.807, 2.05) is 12.1 Å². The van der Waals surface area contributed by atoms with Crippen molar-refractivity contribution in [3.8, 4) is 0 Å². The van der Waals surface area contributed by atoms with E-state index >= 15 is 0 Å². The second-order valence-corrected chi connectivity index (χ2v) is 8.17. The number of rotatable bonds is 3. The first-order valence-corrected chi connectivity index (χ1v) is 10.0. The Bertz CT molecular complexity index is 714. The summed E-state index contributed by atoms with van der Waals surface area (Å²) in [4.78, 5) is 0. The molecule has 0 amide bonds. The normalized spacial score (nSPS) is 22.8. The van der Waals surface area contributed by atoms with Crippen molar-refractivity contribution in [3.63, 3.8) is 0 Å². The average Bonchev–Trinajstić information content (AvgIpc) is 2.62. The van der Waals surface area contributed by atoms with Crippen LogP contribution in [0.1, 0.15) is 66.3 Å². The molecule has 24 heavy (non-hydrogen) atoms. The van der Waals surface area contributed by atoms with Crippen molar-refractivity contribution in [1.29, 1.82) is 0 Å². The maximum atomic E-state index is 6.05. The zero-order valence-electron chi connectivity index (χ0n) is 14.7. The molecule has 0 nitrogen and oxygen atoms in total. The van der Waals surface area contributed by atoms with Gasteiger partial charge < -0.3 is 0 Å². The highest BCUT2D eigenvalue weighted by atomic mass is 35.5. The maximum absolute atomic E-state index is 6.05. The molecule has 0 saturated carbocycles. The van der Waals surface area contributed by atoms with Gasteiger partial charge in [0.1, 0.15) is 0 Å². The Morgan fingerprint density at radius 3 is 2.25 bits per heavy atom. The molecule has 2 aromatic rings. The molecule has 0 radical (unpaired) electrons. The van der Waals surface area contributed by atoms with Crippen molar-refractivity contribution in [3.05, 3.63) is 69.2 Å². The molecular weight excluding hydrogens is 312 g/mol. The van der Waals surface area contributed by atoms with Crippen LogP contribution in [-0.2, 0) is 25.7 Å². The second-order valence-electron chi connectivity index (χ2n) is 7.73. The van der Waals surface area contributed by atoms with E-state index in [0.717, 1.165) is 10.9 Å². The van der Waals surface area contributed by atoms with E-state index in [2.05, 4.69) is 31.2 Å². The minimum atomic E-state index is 0.657. The van der Waals surface area contributed by atoms with Crippen molar-refractivity contribution in [2.45, 2.75) is 64.2 Å². The quantitative estimate of drug-likeness (QED) is 0.597. The fourth-order valence-corrected chi connectivity index (χ4v) is 5.04. The molecular formula is C23H27Cl. The summed E-state index contributed by atoms with van der Waals surface area (Å²) in [5.74, 6) is 1.58. The van der Waals surface area contributed by atoms with Crippen molar-refractivity contribution in [2.75, 3.05) is 0 Å². The molecule has 0 spiro atoms. The molecule has 0 bridgehead atoms. The highest BCUT2D eigenvalue weighted by Gasteiger charge is 2.26. The maximum Gasteiger partial charge on any atom is 0.0406 e. The van der Waals surface area contributed by atoms with Crippen molar-refractivity contribution < 1.29 is 0 Å². The summed E-state index contributed by atoms with van der Waals surface area (Å²) in [7, 11) is 0. The number of fused-ring (bicyclic) bond motifs is 3. The van der Waals surface area contributed by atoms with Crippen LogP contribution in [0.5, 0.6) is 0 Å². The molecule has 0 aromatic heterocycles. The van der Waals surface area contributed by atoms with Gasteiger partial charge in [-0.2, -0.15) is 0 Å². The highest BCUT2D eigenvalue weighted by Crippen LogP contribution is 2.39. The van der Waals surface area contributed by atoms with Gasteiger partial charge in [-0.25, -0.2) is 0 Å². The Hall–Kier alpha value is -1.27. The molecule has 2 unspecified atom stereocenters. The molecule has 0 saturated heterocycles. The molecule has 0 aliphatic heterocycles. The third-order valence-electron chi connectivity index (χ3n) is 6.18. The Balaban J connectivity index is 1.57. The lowest BCUT2D eigenvalue weighted by molar-refractivity contribution is 0.419. The second kappa shape index (κ2) is 6.92. The predicted octanol–water partition coefficient (Wildman–Crippen LogP) is 6.52. The summed E-state index contributed by atoms with van der Waals surface area (Å²) in [6, 6.07) is 13.4. The number of benzene rings is 2. The van der Waals surface area contributed by atoms with E-state index in [-0.39, 0.29) is 0 Å². The third-order valence-corrected chi connectivity index (χ3v) is 6.44. The Kier molecular flexibility index (Phi) is 4.68.